The summed E-state index contributed by atoms with van der Waals surface area (Å²) in [5.41, 5.74) is 13.4. The number of aromatic nitrogens is 2. The highest BCUT2D eigenvalue weighted by Crippen LogP contribution is 2.27. The zero-order chi connectivity index (χ0) is 18.2. The molecule has 7 nitrogen and oxygen atoms in total. The van der Waals surface area contributed by atoms with Crippen LogP contribution >= 0.6 is 0 Å². The van der Waals surface area contributed by atoms with Crippen molar-refractivity contribution in [1.82, 2.24) is 9.97 Å². The predicted octanol–water partition coefficient (Wildman–Crippen LogP) is 1.45. The molecule has 0 bridgehead atoms. The fraction of sp³-hybridized carbons (Fsp3) is 0.412. The van der Waals surface area contributed by atoms with Crippen molar-refractivity contribution >= 4 is 21.5 Å². The lowest BCUT2D eigenvalue weighted by atomic mass is 10.2. The molecule has 8 heteroatoms. The van der Waals surface area contributed by atoms with E-state index < -0.39 is 15.1 Å². The summed E-state index contributed by atoms with van der Waals surface area (Å²) in [6.45, 7) is 4.84. The van der Waals surface area contributed by atoms with E-state index in [0.29, 0.717) is 28.8 Å². The van der Waals surface area contributed by atoms with Crippen LogP contribution in [0, 0.1) is 0 Å². The molecule has 4 N–H and O–H groups in total. The Balaban J connectivity index is 1.92. The second-order valence-electron chi connectivity index (χ2n) is 6.58. The van der Waals surface area contributed by atoms with Crippen molar-refractivity contribution < 1.29 is 8.42 Å². The van der Waals surface area contributed by atoms with E-state index in [1.54, 1.807) is 44.3 Å². The summed E-state index contributed by atoms with van der Waals surface area (Å²) < 4.78 is 24.4. The van der Waals surface area contributed by atoms with Gasteiger partial charge in [0.2, 0.25) is 0 Å². The van der Waals surface area contributed by atoms with Crippen LogP contribution in [0.3, 0.4) is 0 Å². The SMILES string of the molecule is CC(C)S(=O)(=O)c1ccc(-c2cnc(N)c(N3CCC(N)C3)n2)cc1. The summed E-state index contributed by atoms with van der Waals surface area (Å²) in [6, 6.07) is 6.82. The summed E-state index contributed by atoms with van der Waals surface area (Å²) in [7, 11) is -3.29. The average molecular weight is 361 g/mol. The van der Waals surface area contributed by atoms with Crippen LogP contribution in [0.15, 0.2) is 35.4 Å². The topological polar surface area (TPSA) is 115 Å². The first kappa shape index (κ1) is 17.6. The normalized spacial score (nSPS) is 18.1. The van der Waals surface area contributed by atoms with Crippen LogP contribution in [-0.4, -0.2) is 42.8 Å². The Labute approximate surface area is 148 Å². The first-order chi connectivity index (χ1) is 11.8. The second-order valence-corrected chi connectivity index (χ2v) is 9.08. The second kappa shape index (κ2) is 6.61. The molecule has 25 heavy (non-hydrogen) atoms. The van der Waals surface area contributed by atoms with Crippen molar-refractivity contribution in [3.05, 3.63) is 30.5 Å². The van der Waals surface area contributed by atoms with Gasteiger partial charge in [-0.25, -0.2) is 18.4 Å². The average Bonchev–Trinajstić information content (AvgIpc) is 3.01. The fourth-order valence-electron chi connectivity index (χ4n) is 2.83. The van der Waals surface area contributed by atoms with Crippen molar-refractivity contribution in [2.45, 2.75) is 36.5 Å². The Hall–Kier alpha value is -2.19. The Morgan fingerprint density at radius 3 is 2.48 bits per heavy atom. The quantitative estimate of drug-likeness (QED) is 0.846. The van der Waals surface area contributed by atoms with Crippen LogP contribution in [0.1, 0.15) is 20.3 Å². The highest BCUT2D eigenvalue weighted by molar-refractivity contribution is 7.92. The lowest BCUT2D eigenvalue weighted by Gasteiger charge is -2.19. The first-order valence-electron chi connectivity index (χ1n) is 8.26. The van der Waals surface area contributed by atoms with Gasteiger partial charge < -0.3 is 16.4 Å². The van der Waals surface area contributed by atoms with E-state index in [2.05, 4.69) is 9.97 Å². The summed E-state index contributed by atoms with van der Waals surface area (Å²) in [4.78, 5) is 11.2. The number of nitrogens with zero attached hydrogens (tertiary/aromatic N) is 3. The van der Waals surface area contributed by atoms with Gasteiger partial charge in [-0.1, -0.05) is 12.1 Å². The van der Waals surface area contributed by atoms with Gasteiger partial charge >= 0.3 is 0 Å². The van der Waals surface area contributed by atoms with E-state index in [1.807, 2.05) is 4.90 Å². The van der Waals surface area contributed by atoms with Crippen molar-refractivity contribution in [3.8, 4) is 11.3 Å². The molecule has 134 valence electrons. The third-order valence-corrected chi connectivity index (χ3v) is 6.58. The first-order valence-corrected chi connectivity index (χ1v) is 9.81. The van der Waals surface area contributed by atoms with Gasteiger partial charge in [0, 0.05) is 24.7 Å². The van der Waals surface area contributed by atoms with Crippen molar-refractivity contribution in [2.24, 2.45) is 5.73 Å². The lowest BCUT2D eigenvalue weighted by molar-refractivity contribution is 0.587. The summed E-state index contributed by atoms with van der Waals surface area (Å²) >= 11 is 0. The third kappa shape index (κ3) is 3.45. The highest BCUT2D eigenvalue weighted by atomic mass is 32.2. The molecule has 1 saturated heterocycles. The molecule has 1 atom stereocenters. The molecule has 2 heterocycles. The molecule has 0 saturated carbocycles. The predicted molar refractivity (Wildman–Crippen MR) is 99.0 cm³/mol. The number of sulfone groups is 1. The van der Waals surface area contributed by atoms with E-state index in [0.717, 1.165) is 18.5 Å². The minimum absolute atomic E-state index is 0.116. The van der Waals surface area contributed by atoms with Crippen LogP contribution < -0.4 is 16.4 Å². The molecule has 1 fully saturated rings. The van der Waals surface area contributed by atoms with Crippen LogP contribution in [0.25, 0.3) is 11.3 Å². The minimum Gasteiger partial charge on any atom is -0.381 e. The molecule has 3 rings (SSSR count). The lowest BCUT2D eigenvalue weighted by Crippen LogP contribution is -2.27. The van der Waals surface area contributed by atoms with Gasteiger partial charge in [-0.2, -0.15) is 0 Å². The van der Waals surface area contributed by atoms with E-state index in [-0.39, 0.29) is 6.04 Å². The van der Waals surface area contributed by atoms with Crippen LogP contribution in [-0.2, 0) is 9.84 Å². The number of rotatable bonds is 4. The fourth-order valence-corrected chi connectivity index (χ4v) is 3.89. The van der Waals surface area contributed by atoms with E-state index in [9.17, 15) is 8.42 Å². The Morgan fingerprint density at radius 2 is 1.92 bits per heavy atom. The zero-order valence-corrected chi connectivity index (χ0v) is 15.2. The maximum atomic E-state index is 12.2. The number of anilines is 2. The number of benzene rings is 1. The molecular weight excluding hydrogens is 338 g/mol. The van der Waals surface area contributed by atoms with Gasteiger partial charge in [-0.15, -0.1) is 0 Å². The van der Waals surface area contributed by atoms with Gasteiger partial charge in [0.05, 0.1) is 22.0 Å². The largest absolute Gasteiger partial charge is 0.381 e. The molecule has 0 amide bonds. The third-order valence-electron chi connectivity index (χ3n) is 4.40. The van der Waals surface area contributed by atoms with E-state index >= 15 is 0 Å². The molecule has 1 unspecified atom stereocenters. The van der Waals surface area contributed by atoms with Gasteiger partial charge in [-0.05, 0) is 32.4 Å². The van der Waals surface area contributed by atoms with Gasteiger partial charge in [-0.3, -0.25) is 0 Å². The molecule has 1 aromatic heterocycles. The smallest absolute Gasteiger partial charge is 0.180 e. The molecule has 2 aromatic rings. The van der Waals surface area contributed by atoms with Crippen molar-refractivity contribution in [2.75, 3.05) is 23.7 Å². The maximum absolute atomic E-state index is 12.2. The molecule has 1 aliphatic rings. The molecule has 0 spiro atoms. The number of hydrogen-bond donors (Lipinski definition) is 2. The maximum Gasteiger partial charge on any atom is 0.180 e. The van der Waals surface area contributed by atoms with Crippen molar-refractivity contribution in [3.63, 3.8) is 0 Å². The molecular formula is C17H23N5O2S. The summed E-state index contributed by atoms with van der Waals surface area (Å²) in [5, 5.41) is -0.458. The number of nitrogens with two attached hydrogens (primary N) is 2. The van der Waals surface area contributed by atoms with E-state index in [4.69, 9.17) is 11.5 Å². The summed E-state index contributed by atoms with van der Waals surface area (Å²) in [5.74, 6) is 1.00. The van der Waals surface area contributed by atoms with Gasteiger partial charge in [0.15, 0.2) is 21.5 Å². The number of hydrogen-bond acceptors (Lipinski definition) is 7. The Bertz CT molecular complexity index is 865. The van der Waals surface area contributed by atoms with Gasteiger partial charge in [0.1, 0.15) is 0 Å². The van der Waals surface area contributed by atoms with Crippen LogP contribution in [0.2, 0.25) is 0 Å². The summed E-state index contributed by atoms with van der Waals surface area (Å²) in [6.07, 6.45) is 2.49. The zero-order valence-electron chi connectivity index (χ0n) is 14.4. The van der Waals surface area contributed by atoms with Gasteiger partial charge in [0.25, 0.3) is 0 Å². The Kier molecular flexibility index (Phi) is 4.66. The van der Waals surface area contributed by atoms with Crippen LogP contribution in [0.5, 0.6) is 0 Å². The van der Waals surface area contributed by atoms with Crippen LogP contribution in [0.4, 0.5) is 11.6 Å². The van der Waals surface area contributed by atoms with Crippen molar-refractivity contribution in [1.29, 1.82) is 0 Å². The molecule has 1 aromatic carbocycles. The minimum atomic E-state index is -3.29. The molecule has 0 radical (unpaired) electrons. The molecule has 1 aliphatic heterocycles. The Morgan fingerprint density at radius 1 is 1.24 bits per heavy atom. The number of nitrogen functional groups attached to an aromatic ring is 1. The monoisotopic (exact) mass is 361 g/mol. The van der Waals surface area contributed by atoms with E-state index in [1.165, 1.54) is 0 Å². The highest BCUT2D eigenvalue weighted by Gasteiger charge is 2.23. The molecule has 0 aliphatic carbocycles. The standard InChI is InChI=1S/C17H23N5O2S/c1-11(2)25(23,24)14-5-3-12(4-6-14)15-9-20-16(19)17(21-15)22-8-7-13(18)10-22/h3-6,9,11,13H,7-8,10,18H2,1-2H3,(H2,19,20).